The quantitative estimate of drug-likeness (QED) is 0.239. The molecule has 0 atom stereocenters. The topological polar surface area (TPSA) is 48.2 Å². The molecule has 0 aromatic carbocycles. The Morgan fingerprint density at radius 1 is 1.25 bits per heavy atom. The molecule has 1 rings (SSSR count). The standard InChI is InChI=1S/C21H35N3/c1-14(2)13-24-11-10-16(5)12-19(15(3)4)20(17(6)23-7)21(22)18-8-9-18/h14,18,22,24H,3,5,8-13H2,1-2,4,6-7H3/b20-19+,22-21?,23-17-. The first kappa shape index (κ1) is 20.6. The highest BCUT2D eigenvalue weighted by molar-refractivity contribution is 6.24. The molecular formula is C21H35N3. The van der Waals surface area contributed by atoms with Gasteiger partial charge in [0.15, 0.2) is 0 Å². The van der Waals surface area contributed by atoms with Crippen molar-refractivity contribution < 1.29 is 0 Å². The minimum atomic E-state index is 0.409. The van der Waals surface area contributed by atoms with Crippen LogP contribution in [0.2, 0.25) is 0 Å². The lowest BCUT2D eigenvalue weighted by atomic mass is 9.88. The number of hydrogen-bond donors (Lipinski definition) is 2. The van der Waals surface area contributed by atoms with Crippen LogP contribution in [-0.2, 0) is 0 Å². The molecule has 0 aliphatic heterocycles. The molecule has 0 unspecified atom stereocenters. The van der Waals surface area contributed by atoms with E-state index in [4.69, 9.17) is 5.41 Å². The lowest BCUT2D eigenvalue weighted by Gasteiger charge is -2.18. The highest BCUT2D eigenvalue weighted by Crippen LogP contribution is 2.35. The second kappa shape index (κ2) is 9.73. The fraction of sp³-hybridized carbons (Fsp3) is 0.619. The molecule has 0 aromatic heterocycles. The Morgan fingerprint density at radius 2 is 1.88 bits per heavy atom. The van der Waals surface area contributed by atoms with Gasteiger partial charge in [-0.05, 0) is 64.1 Å². The average Bonchev–Trinajstić information content (AvgIpc) is 3.34. The third kappa shape index (κ3) is 6.56. The minimum absolute atomic E-state index is 0.409. The summed E-state index contributed by atoms with van der Waals surface area (Å²) in [6.45, 7) is 18.9. The Balaban J connectivity index is 2.87. The van der Waals surface area contributed by atoms with Crippen LogP contribution < -0.4 is 5.32 Å². The van der Waals surface area contributed by atoms with Gasteiger partial charge in [0.25, 0.3) is 0 Å². The molecule has 3 heteroatoms. The predicted molar refractivity (Wildman–Crippen MR) is 107 cm³/mol. The molecule has 0 saturated heterocycles. The zero-order valence-electron chi connectivity index (χ0n) is 16.3. The van der Waals surface area contributed by atoms with Gasteiger partial charge in [0.05, 0.1) is 0 Å². The van der Waals surface area contributed by atoms with Gasteiger partial charge in [-0.2, -0.15) is 0 Å². The molecule has 0 heterocycles. The molecule has 0 radical (unpaired) electrons. The molecule has 1 saturated carbocycles. The van der Waals surface area contributed by atoms with E-state index in [0.717, 1.165) is 66.9 Å². The van der Waals surface area contributed by atoms with E-state index < -0.39 is 0 Å². The number of nitrogens with one attached hydrogen (secondary N) is 2. The first-order valence-electron chi connectivity index (χ1n) is 9.06. The van der Waals surface area contributed by atoms with Crippen molar-refractivity contribution in [3.63, 3.8) is 0 Å². The fourth-order valence-electron chi connectivity index (χ4n) is 2.71. The van der Waals surface area contributed by atoms with Gasteiger partial charge in [0, 0.05) is 30.0 Å². The van der Waals surface area contributed by atoms with E-state index in [1.54, 1.807) is 7.05 Å². The molecular weight excluding hydrogens is 294 g/mol. The summed E-state index contributed by atoms with van der Waals surface area (Å²) >= 11 is 0. The van der Waals surface area contributed by atoms with Crippen molar-refractivity contribution in [2.45, 2.75) is 53.4 Å². The van der Waals surface area contributed by atoms with Gasteiger partial charge in [-0.3, -0.25) is 4.99 Å². The summed E-state index contributed by atoms with van der Waals surface area (Å²) in [5.41, 5.74) is 6.04. The first-order chi connectivity index (χ1) is 11.3. The third-order valence-corrected chi connectivity index (χ3v) is 4.40. The van der Waals surface area contributed by atoms with Crippen LogP contribution >= 0.6 is 0 Å². The van der Waals surface area contributed by atoms with E-state index >= 15 is 0 Å². The third-order valence-electron chi connectivity index (χ3n) is 4.40. The monoisotopic (exact) mass is 329 g/mol. The van der Waals surface area contributed by atoms with Crippen molar-refractivity contribution in [3.8, 4) is 0 Å². The summed E-state index contributed by atoms with van der Waals surface area (Å²) in [6.07, 6.45) is 4.00. The van der Waals surface area contributed by atoms with Crippen LogP contribution in [-0.4, -0.2) is 31.6 Å². The maximum Gasteiger partial charge on any atom is 0.0438 e. The van der Waals surface area contributed by atoms with E-state index in [9.17, 15) is 0 Å². The number of aliphatic imine (C=N–C) groups is 1. The molecule has 0 spiro atoms. The summed E-state index contributed by atoms with van der Waals surface area (Å²) < 4.78 is 0. The van der Waals surface area contributed by atoms with E-state index in [1.807, 2.05) is 13.8 Å². The lowest BCUT2D eigenvalue weighted by Crippen LogP contribution is -2.21. The molecule has 0 aromatic rings. The molecule has 0 amide bonds. The normalized spacial score (nSPS) is 16.2. The highest BCUT2D eigenvalue weighted by atomic mass is 14.8. The number of allylic oxidation sites excluding steroid dienone is 3. The zero-order valence-corrected chi connectivity index (χ0v) is 16.3. The van der Waals surface area contributed by atoms with Gasteiger partial charge in [0.1, 0.15) is 0 Å². The summed E-state index contributed by atoms with van der Waals surface area (Å²) in [7, 11) is 1.80. The van der Waals surface area contributed by atoms with Crippen molar-refractivity contribution in [1.82, 2.24) is 5.32 Å². The number of nitrogens with zero attached hydrogens (tertiary/aromatic N) is 1. The minimum Gasteiger partial charge on any atom is -0.316 e. The summed E-state index contributed by atoms with van der Waals surface area (Å²) in [5.74, 6) is 1.07. The van der Waals surface area contributed by atoms with Crippen LogP contribution in [0, 0.1) is 17.2 Å². The highest BCUT2D eigenvalue weighted by Gasteiger charge is 2.31. The fourth-order valence-corrected chi connectivity index (χ4v) is 2.71. The van der Waals surface area contributed by atoms with Crippen molar-refractivity contribution >= 4 is 11.4 Å². The van der Waals surface area contributed by atoms with Crippen molar-refractivity contribution in [2.75, 3.05) is 20.1 Å². The van der Waals surface area contributed by atoms with E-state index in [-0.39, 0.29) is 0 Å². The SMILES string of the molecule is C=C(CCNCC(C)C)C/C(C(=C)C)=C(C(=N)C1CC1)/C(C)=N\C. The first-order valence-corrected chi connectivity index (χ1v) is 9.06. The molecule has 2 N–H and O–H groups in total. The molecule has 134 valence electrons. The Kier molecular flexibility index (Phi) is 8.34. The van der Waals surface area contributed by atoms with Crippen LogP contribution in [0.5, 0.6) is 0 Å². The van der Waals surface area contributed by atoms with Gasteiger partial charge in [-0.15, -0.1) is 0 Å². The molecule has 1 fully saturated rings. The Morgan fingerprint density at radius 3 is 2.33 bits per heavy atom. The largest absolute Gasteiger partial charge is 0.316 e. The summed E-state index contributed by atoms with van der Waals surface area (Å²) in [5, 5.41) is 12.0. The Bertz CT molecular complexity index is 545. The van der Waals surface area contributed by atoms with Crippen LogP contribution in [0.4, 0.5) is 0 Å². The second-order valence-electron chi connectivity index (χ2n) is 7.41. The van der Waals surface area contributed by atoms with Gasteiger partial charge >= 0.3 is 0 Å². The molecule has 24 heavy (non-hydrogen) atoms. The number of hydrogen-bond acceptors (Lipinski definition) is 3. The van der Waals surface area contributed by atoms with Gasteiger partial charge in [-0.25, -0.2) is 0 Å². The van der Waals surface area contributed by atoms with E-state index in [1.165, 1.54) is 5.57 Å². The van der Waals surface area contributed by atoms with Crippen LogP contribution in [0.1, 0.15) is 53.4 Å². The van der Waals surface area contributed by atoms with Crippen LogP contribution in [0.3, 0.4) is 0 Å². The van der Waals surface area contributed by atoms with Gasteiger partial charge < -0.3 is 10.7 Å². The van der Waals surface area contributed by atoms with Crippen LogP contribution in [0.15, 0.2) is 40.4 Å². The molecule has 1 aliphatic carbocycles. The Hall–Kier alpha value is -1.48. The number of rotatable bonds is 11. The molecule has 0 bridgehead atoms. The van der Waals surface area contributed by atoms with E-state index in [0.29, 0.717) is 11.8 Å². The summed E-state index contributed by atoms with van der Waals surface area (Å²) in [4.78, 5) is 4.36. The second-order valence-corrected chi connectivity index (χ2v) is 7.41. The molecule has 3 nitrogen and oxygen atoms in total. The van der Waals surface area contributed by atoms with Crippen molar-refractivity contribution in [3.05, 3.63) is 35.5 Å². The maximum absolute atomic E-state index is 8.56. The van der Waals surface area contributed by atoms with Crippen molar-refractivity contribution in [1.29, 1.82) is 5.41 Å². The summed E-state index contributed by atoms with van der Waals surface area (Å²) in [6, 6.07) is 0. The van der Waals surface area contributed by atoms with Gasteiger partial charge in [0.2, 0.25) is 0 Å². The predicted octanol–water partition coefficient (Wildman–Crippen LogP) is 4.96. The lowest BCUT2D eigenvalue weighted by molar-refractivity contribution is 0.552. The zero-order chi connectivity index (χ0) is 18.3. The van der Waals surface area contributed by atoms with Gasteiger partial charge in [-0.1, -0.05) is 38.2 Å². The van der Waals surface area contributed by atoms with Crippen LogP contribution in [0.25, 0.3) is 0 Å². The Labute approximate surface area is 148 Å². The smallest absolute Gasteiger partial charge is 0.0438 e. The average molecular weight is 330 g/mol. The maximum atomic E-state index is 8.56. The van der Waals surface area contributed by atoms with E-state index in [2.05, 4.69) is 37.3 Å². The molecule has 1 aliphatic rings. The van der Waals surface area contributed by atoms with Crippen molar-refractivity contribution in [2.24, 2.45) is 16.8 Å².